The molecule has 0 bridgehead atoms. The van der Waals surface area contributed by atoms with Gasteiger partial charge >= 0.3 is 0 Å². The molecule has 1 saturated heterocycles. The minimum absolute atomic E-state index is 0.0870. The van der Waals surface area contributed by atoms with E-state index < -0.39 is 18.1 Å². The number of nitrogens with zero attached hydrogens (tertiary/aromatic N) is 1. The summed E-state index contributed by atoms with van der Waals surface area (Å²) in [6.07, 6.45) is 1.37. The van der Waals surface area contributed by atoms with Crippen LogP contribution in [0.25, 0.3) is 0 Å². The molecule has 0 radical (unpaired) electrons. The standard InChI is InChI=1S/C21H33N5O3/c1-14(2)18(24-19(27)15(3)22-4)21(29)26-12-8-11-17(26)20(28)25-23-13-16-9-6-5-7-10-16/h5-7,9-10,14-15,17-18,22-23H,8,11-13H2,1-4H3,(H,24,27)(H,25,28)/t15-,17-,18-/m0/s1. The summed E-state index contributed by atoms with van der Waals surface area (Å²) in [6.45, 7) is 6.52. The zero-order valence-electron chi connectivity index (χ0n) is 17.7. The van der Waals surface area contributed by atoms with Gasteiger partial charge in [-0.05, 0) is 38.3 Å². The lowest BCUT2D eigenvalue weighted by Crippen LogP contribution is -2.57. The van der Waals surface area contributed by atoms with Crippen LogP contribution < -0.4 is 21.5 Å². The average molecular weight is 404 g/mol. The van der Waals surface area contributed by atoms with Gasteiger partial charge in [0.25, 0.3) is 5.91 Å². The number of hydrogen-bond donors (Lipinski definition) is 4. The Kier molecular flexibility index (Phi) is 8.60. The highest BCUT2D eigenvalue weighted by Crippen LogP contribution is 2.20. The predicted octanol–water partition coefficient (Wildman–Crippen LogP) is 0.547. The highest BCUT2D eigenvalue weighted by Gasteiger charge is 2.38. The lowest BCUT2D eigenvalue weighted by Gasteiger charge is -2.31. The zero-order valence-corrected chi connectivity index (χ0v) is 17.7. The lowest BCUT2D eigenvalue weighted by molar-refractivity contribution is -0.142. The maximum Gasteiger partial charge on any atom is 0.256 e. The second-order valence-corrected chi connectivity index (χ2v) is 7.76. The van der Waals surface area contributed by atoms with Gasteiger partial charge in [0, 0.05) is 13.1 Å². The van der Waals surface area contributed by atoms with Crippen LogP contribution in [0.5, 0.6) is 0 Å². The molecule has 1 heterocycles. The molecule has 1 aliphatic heterocycles. The summed E-state index contributed by atoms with van der Waals surface area (Å²) in [5, 5.41) is 5.70. The number of carbonyl (C=O) groups excluding carboxylic acids is 3. The van der Waals surface area contributed by atoms with Gasteiger partial charge < -0.3 is 15.5 Å². The fraction of sp³-hybridized carbons (Fsp3) is 0.571. The molecule has 1 fully saturated rings. The van der Waals surface area contributed by atoms with E-state index in [0.29, 0.717) is 19.5 Å². The average Bonchev–Trinajstić information content (AvgIpc) is 3.21. The van der Waals surface area contributed by atoms with E-state index in [-0.39, 0.29) is 23.6 Å². The Hall–Kier alpha value is -2.45. The van der Waals surface area contributed by atoms with Crippen LogP contribution in [0.15, 0.2) is 30.3 Å². The fourth-order valence-corrected chi connectivity index (χ4v) is 3.32. The number of hydrogen-bond acceptors (Lipinski definition) is 5. The smallest absolute Gasteiger partial charge is 0.256 e. The topological polar surface area (TPSA) is 103 Å². The van der Waals surface area contributed by atoms with Crippen LogP contribution in [0.1, 0.15) is 39.2 Å². The Balaban J connectivity index is 1.96. The predicted molar refractivity (Wildman–Crippen MR) is 111 cm³/mol. The molecule has 8 heteroatoms. The lowest BCUT2D eigenvalue weighted by atomic mass is 10.0. The van der Waals surface area contributed by atoms with Crippen molar-refractivity contribution < 1.29 is 14.4 Å². The summed E-state index contributed by atoms with van der Waals surface area (Å²) in [4.78, 5) is 39.6. The third-order valence-corrected chi connectivity index (χ3v) is 5.24. The number of benzene rings is 1. The molecule has 0 aliphatic carbocycles. The maximum absolute atomic E-state index is 13.1. The number of amides is 3. The van der Waals surface area contributed by atoms with Gasteiger partial charge in [-0.1, -0.05) is 44.2 Å². The van der Waals surface area contributed by atoms with Crippen LogP contribution in [0.4, 0.5) is 0 Å². The van der Waals surface area contributed by atoms with E-state index in [4.69, 9.17) is 0 Å². The van der Waals surface area contributed by atoms with Gasteiger partial charge in [0.05, 0.1) is 6.04 Å². The second kappa shape index (κ2) is 10.9. The van der Waals surface area contributed by atoms with E-state index in [1.54, 1.807) is 18.9 Å². The van der Waals surface area contributed by atoms with E-state index >= 15 is 0 Å². The van der Waals surface area contributed by atoms with Crippen LogP contribution in [0.2, 0.25) is 0 Å². The molecule has 1 aromatic carbocycles. The summed E-state index contributed by atoms with van der Waals surface area (Å²) in [5.41, 5.74) is 6.69. The molecule has 160 valence electrons. The summed E-state index contributed by atoms with van der Waals surface area (Å²) >= 11 is 0. The van der Waals surface area contributed by atoms with Crippen molar-refractivity contribution in [3.05, 3.63) is 35.9 Å². The molecule has 3 amide bonds. The number of nitrogens with one attached hydrogen (secondary N) is 4. The third kappa shape index (κ3) is 6.27. The number of likely N-dealkylation sites (tertiary alicyclic amines) is 1. The normalized spacial score (nSPS) is 18.4. The first-order valence-corrected chi connectivity index (χ1v) is 10.2. The minimum atomic E-state index is -0.663. The highest BCUT2D eigenvalue weighted by molar-refractivity contribution is 5.93. The third-order valence-electron chi connectivity index (χ3n) is 5.24. The number of carbonyl (C=O) groups is 3. The van der Waals surface area contributed by atoms with Crippen molar-refractivity contribution in [2.75, 3.05) is 13.6 Å². The zero-order chi connectivity index (χ0) is 21.4. The Bertz CT molecular complexity index is 695. The maximum atomic E-state index is 13.1. The van der Waals surface area contributed by atoms with Crippen molar-refractivity contribution in [3.63, 3.8) is 0 Å². The summed E-state index contributed by atoms with van der Waals surface area (Å²) < 4.78 is 0. The highest BCUT2D eigenvalue weighted by atomic mass is 16.2. The van der Waals surface area contributed by atoms with Crippen molar-refractivity contribution in [1.29, 1.82) is 0 Å². The first kappa shape index (κ1) is 22.8. The monoisotopic (exact) mass is 403 g/mol. The van der Waals surface area contributed by atoms with E-state index in [9.17, 15) is 14.4 Å². The first-order valence-electron chi connectivity index (χ1n) is 10.2. The fourth-order valence-electron chi connectivity index (χ4n) is 3.32. The summed E-state index contributed by atoms with van der Waals surface area (Å²) in [7, 11) is 1.69. The van der Waals surface area contributed by atoms with Crippen molar-refractivity contribution in [1.82, 2.24) is 26.4 Å². The van der Waals surface area contributed by atoms with Gasteiger partial charge in [0.1, 0.15) is 12.1 Å². The van der Waals surface area contributed by atoms with E-state index in [1.807, 2.05) is 44.2 Å². The van der Waals surface area contributed by atoms with Crippen molar-refractivity contribution in [2.24, 2.45) is 5.92 Å². The van der Waals surface area contributed by atoms with Crippen LogP contribution >= 0.6 is 0 Å². The van der Waals surface area contributed by atoms with Crippen molar-refractivity contribution >= 4 is 17.7 Å². The second-order valence-electron chi connectivity index (χ2n) is 7.76. The van der Waals surface area contributed by atoms with E-state index in [0.717, 1.165) is 12.0 Å². The van der Waals surface area contributed by atoms with Crippen LogP contribution in [0, 0.1) is 5.92 Å². The Morgan fingerprint density at radius 3 is 2.45 bits per heavy atom. The van der Waals surface area contributed by atoms with Gasteiger partial charge in [0.2, 0.25) is 11.8 Å². The summed E-state index contributed by atoms with van der Waals surface area (Å²) in [5.74, 6) is -0.762. The van der Waals surface area contributed by atoms with Crippen LogP contribution in [0.3, 0.4) is 0 Å². The molecule has 4 N–H and O–H groups in total. The molecule has 1 aromatic rings. The molecule has 0 saturated carbocycles. The molecule has 2 rings (SSSR count). The van der Waals surface area contributed by atoms with Gasteiger partial charge in [-0.3, -0.25) is 19.8 Å². The summed E-state index contributed by atoms with van der Waals surface area (Å²) in [6, 6.07) is 8.14. The largest absolute Gasteiger partial charge is 0.343 e. The Morgan fingerprint density at radius 1 is 1.14 bits per heavy atom. The van der Waals surface area contributed by atoms with Crippen LogP contribution in [-0.4, -0.2) is 54.3 Å². The molecular weight excluding hydrogens is 370 g/mol. The number of hydrazine groups is 1. The van der Waals surface area contributed by atoms with Crippen LogP contribution in [-0.2, 0) is 20.9 Å². The molecule has 1 aliphatic rings. The molecule has 8 nitrogen and oxygen atoms in total. The Labute approximate surface area is 172 Å². The van der Waals surface area contributed by atoms with Gasteiger partial charge in [-0.25, -0.2) is 5.43 Å². The Morgan fingerprint density at radius 2 is 1.83 bits per heavy atom. The van der Waals surface area contributed by atoms with E-state index in [1.165, 1.54) is 0 Å². The van der Waals surface area contributed by atoms with Gasteiger partial charge in [0.15, 0.2) is 0 Å². The van der Waals surface area contributed by atoms with Crippen molar-refractivity contribution in [2.45, 2.75) is 58.3 Å². The quantitative estimate of drug-likeness (QED) is 0.451. The van der Waals surface area contributed by atoms with Gasteiger partial charge in [-0.2, -0.15) is 0 Å². The van der Waals surface area contributed by atoms with E-state index in [2.05, 4.69) is 21.5 Å². The number of rotatable bonds is 9. The molecular formula is C21H33N5O3. The first-order chi connectivity index (χ1) is 13.8. The molecule has 0 unspecified atom stereocenters. The molecule has 0 aromatic heterocycles. The molecule has 29 heavy (non-hydrogen) atoms. The minimum Gasteiger partial charge on any atom is -0.343 e. The molecule has 0 spiro atoms. The van der Waals surface area contributed by atoms with Crippen molar-refractivity contribution in [3.8, 4) is 0 Å². The van der Waals surface area contributed by atoms with Gasteiger partial charge in [-0.15, -0.1) is 0 Å². The molecule has 3 atom stereocenters. The SMILES string of the molecule is CN[C@@H](C)C(=O)N[C@H](C(=O)N1CCC[C@H]1C(=O)NNCc1ccccc1)C(C)C. The number of likely N-dealkylation sites (N-methyl/N-ethyl adjacent to an activating group) is 1.